The highest BCUT2D eigenvalue weighted by atomic mass is 19.4. The number of amides is 1. The molecule has 202 valence electrons. The van der Waals surface area contributed by atoms with Crippen LogP contribution in [0.25, 0.3) is 0 Å². The van der Waals surface area contributed by atoms with Gasteiger partial charge in [-0.25, -0.2) is 4.79 Å². The average Bonchev–Trinajstić information content (AvgIpc) is 3.72. The van der Waals surface area contributed by atoms with Crippen LogP contribution in [0.4, 0.5) is 13.2 Å². The highest BCUT2D eigenvalue weighted by Gasteiger charge is 2.54. The number of alkyl halides is 3. The molecule has 0 aromatic heterocycles. The van der Waals surface area contributed by atoms with Crippen molar-refractivity contribution >= 4 is 11.9 Å². The van der Waals surface area contributed by atoms with Crippen LogP contribution in [0.5, 0.6) is 0 Å². The van der Waals surface area contributed by atoms with Gasteiger partial charge >= 0.3 is 18.1 Å². The molecule has 2 atom stereocenters. The van der Waals surface area contributed by atoms with Gasteiger partial charge in [0.1, 0.15) is 0 Å². The van der Waals surface area contributed by atoms with Crippen molar-refractivity contribution in [3.05, 3.63) is 71.3 Å². The molecule has 2 aliphatic rings. The summed E-state index contributed by atoms with van der Waals surface area (Å²) in [6, 6.07) is 17.9. The van der Waals surface area contributed by atoms with Crippen molar-refractivity contribution in [2.24, 2.45) is 5.41 Å². The Bertz CT molecular complexity index is 1170. The SMILES string of the molecule is COC(=O)c1cccc(CC2(CN(C(=O)C(F)(F)F)[C@@H]3C[C@H]3c3ccccc3)CCN(CCC#N)CC2)c1. The number of nitriles is 1. The molecule has 4 rings (SSSR count). The maximum atomic E-state index is 13.8. The molecule has 0 N–H and O–H groups in total. The minimum absolute atomic E-state index is 0.0200. The molecule has 0 unspecified atom stereocenters. The molecule has 0 spiro atoms. The van der Waals surface area contributed by atoms with Gasteiger partial charge in [-0.15, -0.1) is 0 Å². The van der Waals surface area contributed by atoms with E-state index in [-0.39, 0.29) is 12.5 Å². The van der Waals surface area contributed by atoms with Crippen molar-refractivity contribution in [3.63, 3.8) is 0 Å². The third-order valence-corrected chi connectivity index (χ3v) is 7.78. The molecule has 1 aliphatic carbocycles. The lowest BCUT2D eigenvalue weighted by molar-refractivity contribution is -0.188. The molecule has 38 heavy (non-hydrogen) atoms. The number of carbonyl (C=O) groups excluding carboxylic acids is 2. The lowest BCUT2D eigenvalue weighted by Gasteiger charge is -2.45. The molecule has 0 radical (unpaired) electrons. The normalized spacial score (nSPS) is 20.8. The van der Waals surface area contributed by atoms with Crippen LogP contribution < -0.4 is 0 Å². The first-order chi connectivity index (χ1) is 18.2. The van der Waals surface area contributed by atoms with Gasteiger partial charge in [0.2, 0.25) is 0 Å². The second kappa shape index (κ2) is 11.6. The van der Waals surface area contributed by atoms with Crippen LogP contribution >= 0.6 is 0 Å². The minimum Gasteiger partial charge on any atom is -0.465 e. The number of carbonyl (C=O) groups is 2. The predicted octanol–water partition coefficient (Wildman–Crippen LogP) is 4.96. The molecule has 1 amide bonds. The molecule has 1 heterocycles. The summed E-state index contributed by atoms with van der Waals surface area (Å²) in [5, 5.41) is 8.96. The van der Waals surface area contributed by atoms with Gasteiger partial charge in [-0.2, -0.15) is 18.4 Å². The van der Waals surface area contributed by atoms with Crippen LogP contribution in [-0.4, -0.2) is 67.2 Å². The first kappa shape index (κ1) is 27.6. The summed E-state index contributed by atoms with van der Waals surface area (Å²) in [5.74, 6) is -2.40. The van der Waals surface area contributed by atoms with Gasteiger partial charge in [0, 0.05) is 31.5 Å². The summed E-state index contributed by atoms with van der Waals surface area (Å²) in [5.41, 5.74) is 1.51. The number of likely N-dealkylation sites (tertiary alicyclic amines) is 1. The van der Waals surface area contributed by atoms with Gasteiger partial charge in [0.25, 0.3) is 0 Å². The molecule has 1 saturated heterocycles. The summed E-state index contributed by atoms with van der Waals surface area (Å²) in [7, 11) is 1.30. The molecule has 6 nitrogen and oxygen atoms in total. The first-order valence-corrected chi connectivity index (χ1v) is 12.8. The number of piperidine rings is 1. The fourth-order valence-corrected chi connectivity index (χ4v) is 5.66. The maximum absolute atomic E-state index is 13.8. The zero-order chi connectivity index (χ0) is 27.3. The number of nitrogens with zero attached hydrogens (tertiary/aromatic N) is 3. The smallest absolute Gasteiger partial charge is 0.465 e. The van der Waals surface area contributed by atoms with Crippen LogP contribution in [0.15, 0.2) is 54.6 Å². The van der Waals surface area contributed by atoms with E-state index in [4.69, 9.17) is 10.00 Å². The quantitative estimate of drug-likeness (QED) is 0.431. The number of rotatable bonds is 9. The van der Waals surface area contributed by atoms with Crippen molar-refractivity contribution in [1.29, 1.82) is 5.26 Å². The Balaban J connectivity index is 1.62. The highest BCUT2D eigenvalue weighted by Crippen LogP contribution is 2.48. The third-order valence-electron chi connectivity index (χ3n) is 7.78. The minimum atomic E-state index is -4.97. The predicted molar refractivity (Wildman–Crippen MR) is 135 cm³/mol. The maximum Gasteiger partial charge on any atom is 0.471 e. The highest BCUT2D eigenvalue weighted by molar-refractivity contribution is 5.89. The van der Waals surface area contributed by atoms with Crippen molar-refractivity contribution in [2.75, 3.05) is 33.3 Å². The van der Waals surface area contributed by atoms with Crippen molar-refractivity contribution in [3.8, 4) is 6.07 Å². The van der Waals surface area contributed by atoms with Crippen molar-refractivity contribution < 1.29 is 27.5 Å². The van der Waals surface area contributed by atoms with Gasteiger partial charge in [-0.1, -0.05) is 42.5 Å². The van der Waals surface area contributed by atoms with Crippen LogP contribution in [0, 0.1) is 16.7 Å². The Kier molecular flexibility index (Phi) is 8.41. The summed E-state index contributed by atoms with van der Waals surface area (Å²) in [6.45, 7) is 1.83. The van der Waals surface area contributed by atoms with E-state index in [2.05, 4.69) is 11.0 Å². The molecule has 2 fully saturated rings. The van der Waals surface area contributed by atoms with E-state index in [1.165, 1.54) is 7.11 Å². The second-order valence-corrected chi connectivity index (χ2v) is 10.4. The Morgan fingerprint density at radius 3 is 2.47 bits per heavy atom. The Hall–Kier alpha value is -3.38. The Labute approximate surface area is 221 Å². The number of halogens is 3. The zero-order valence-electron chi connectivity index (χ0n) is 21.4. The molecule has 9 heteroatoms. The van der Waals surface area contributed by atoms with E-state index in [1.54, 1.807) is 18.2 Å². The molecule has 2 aromatic rings. The van der Waals surface area contributed by atoms with Gasteiger partial charge in [-0.3, -0.25) is 4.79 Å². The fraction of sp³-hybridized carbons (Fsp3) is 0.483. The van der Waals surface area contributed by atoms with E-state index in [1.807, 2.05) is 36.4 Å². The lowest BCUT2D eigenvalue weighted by atomic mass is 9.73. The standard InChI is InChI=1S/C29H32F3N3O3/c1-38-26(36)23-10-5-7-21(17-23)19-28(11-15-34(16-12-28)14-6-13-33)20-35(27(37)29(30,31)32)25-18-24(25)22-8-3-2-4-9-22/h2-5,7-10,17,24-25H,6,11-12,14-16,18-20H2,1H3/t24-,25+/m0/s1. The van der Waals surface area contributed by atoms with Crippen LogP contribution in [0.3, 0.4) is 0 Å². The average molecular weight is 528 g/mol. The van der Waals surface area contributed by atoms with Gasteiger partial charge in [-0.05, 0) is 67.4 Å². The molecule has 1 saturated carbocycles. The van der Waals surface area contributed by atoms with Crippen LogP contribution in [0.1, 0.15) is 53.1 Å². The largest absolute Gasteiger partial charge is 0.471 e. The van der Waals surface area contributed by atoms with E-state index in [0.717, 1.165) is 16.0 Å². The summed E-state index contributed by atoms with van der Waals surface area (Å²) in [4.78, 5) is 28.1. The summed E-state index contributed by atoms with van der Waals surface area (Å²) in [6.07, 6.45) is -2.52. The van der Waals surface area contributed by atoms with Crippen molar-refractivity contribution in [2.45, 2.75) is 50.2 Å². The Morgan fingerprint density at radius 2 is 1.84 bits per heavy atom. The van der Waals surface area contributed by atoms with Crippen molar-refractivity contribution in [1.82, 2.24) is 9.80 Å². The first-order valence-electron chi connectivity index (χ1n) is 12.8. The number of hydrogen-bond acceptors (Lipinski definition) is 5. The van der Waals surface area contributed by atoms with E-state index in [9.17, 15) is 22.8 Å². The van der Waals surface area contributed by atoms with E-state index in [0.29, 0.717) is 57.3 Å². The monoisotopic (exact) mass is 527 g/mol. The molecular weight excluding hydrogens is 495 g/mol. The second-order valence-electron chi connectivity index (χ2n) is 10.4. The molecular formula is C29H32F3N3O3. The zero-order valence-corrected chi connectivity index (χ0v) is 21.4. The van der Waals surface area contributed by atoms with E-state index < -0.39 is 29.5 Å². The number of esters is 1. The summed E-state index contributed by atoms with van der Waals surface area (Å²) < 4.78 is 46.3. The third kappa shape index (κ3) is 6.54. The molecule has 2 aromatic carbocycles. The van der Waals surface area contributed by atoms with Crippen LogP contribution in [0.2, 0.25) is 0 Å². The van der Waals surface area contributed by atoms with Crippen LogP contribution in [-0.2, 0) is 16.0 Å². The number of methoxy groups -OCH3 is 1. The molecule has 0 bridgehead atoms. The van der Waals surface area contributed by atoms with Gasteiger partial charge < -0.3 is 14.5 Å². The summed E-state index contributed by atoms with van der Waals surface area (Å²) >= 11 is 0. The van der Waals surface area contributed by atoms with E-state index >= 15 is 0 Å². The van der Waals surface area contributed by atoms with Gasteiger partial charge in [0.05, 0.1) is 18.7 Å². The number of benzene rings is 2. The molecule has 1 aliphatic heterocycles. The number of hydrogen-bond donors (Lipinski definition) is 0. The van der Waals surface area contributed by atoms with Gasteiger partial charge in [0.15, 0.2) is 0 Å². The lowest BCUT2D eigenvalue weighted by Crippen LogP contribution is -2.52. The topological polar surface area (TPSA) is 73.6 Å². The Morgan fingerprint density at radius 1 is 1.13 bits per heavy atom. The number of ether oxygens (including phenoxy) is 1. The fourth-order valence-electron chi connectivity index (χ4n) is 5.66.